The number of aliphatic carboxylic acids is 1. The molecule has 0 aliphatic rings. The van der Waals surface area contributed by atoms with E-state index in [-0.39, 0.29) is 5.02 Å². The standard InChI is InChI=1S/C12H13Cl2NO5S/c1-7(16)15-11(12(17)18)6-21(19,20)5-8-2-3-9(13)4-10(8)14/h2-4,11H,5-6H2,1H3,(H,15,16)(H,17,18). The first-order valence-corrected chi connectivity index (χ1v) is 8.32. The Labute approximate surface area is 132 Å². The lowest BCUT2D eigenvalue weighted by Gasteiger charge is -2.14. The molecule has 0 fully saturated rings. The number of rotatable bonds is 6. The molecule has 0 saturated carbocycles. The topological polar surface area (TPSA) is 101 Å². The molecular formula is C12H13Cl2NO5S. The molecule has 1 aromatic carbocycles. The van der Waals surface area contributed by atoms with Crippen molar-refractivity contribution >= 4 is 44.9 Å². The molecule has 6 nitrogen and oxygen atoms in total. The molecule has 1 amide bonds. The van der Waals surface area contributed by atoms with Gasteiger partial charge in [-0.05, 0) is 17.7 Å². The number of nitrogens with one attached hydrogen (secondary N) is 1. The zero-order chi connectivity index (χ0) is 16.2. The summed E-state index contributed by atoms with van der Waals surface area (Å²) >= 11 is 11.6. The number of hydrogen-bond acceptors (Lipinski definition) is 4. The van der Waals surface area contributed by atoms with Crippen LogP contribution in [0.2, 0.25) is 10.0 Å². The summed E-state index contributed by atoms with van der Waals surface area (Å²) in [5.41, 5.74) is 0.313. The molecule has 0 heterocycles. The normalized spacial score (nSPS) is 12.7. The minimum atomic E-state index is -3.78. The number of halogens is 2. The Balaban J connectivity index is 2.90. The first kappa shape index (κ1) is 17.7. The maximum absolute atomic E-state index is 12.0. The van der Waals surface area contributed by atoms with Crippen LogP contribution < -0.4 is 5.32 Å². The van der Waals surface area contributed by atoms with E-state index < -0.39 is 39.3 Å². The van der Waals surface area contributed by atoms with Crippen molar-refractivity contribution in [1.82, 2.24) is 5.32 Å². The highest BCUT2D eigenvalue weighted by Gasteiger charge is 2.26. The second kappa shape index (κ2) is 7.11. The van der Waals surface area contributed by atoms with Crippen LogP contribution in [0.3, 0.4) is 0 Å². The Kier molecular flexibility index (Phi) is 6.00. The summed E-state index contributed by atoms with van der Waals surface area (Å²) in [6.45, 7) is 1.11. The molecule has 1 aromatic rings. The Morgan fingerprint density at radius 1 is 1.33 bits per heavy atom. The quantitative estimate of drug-likeness (QED) is 0.806. The van der Waals surface area contributed by atoms with Crippen molar-refractivity contribution in [3.05, 3.63) is 33.8 Å². The van der Waals surface area contributed by atoms with Gasteiger partial charge in [-0.2, -0.15) is 0 Å². The number of carbonyl (C=O) groups excluding carboxylic acids is 1. The minimum Gasteiger partial charge on any atom is -0.480 e. The summed E-state index contributed by atoms with van der Waals surface area (Å²) < 4.78 is 24.1. The van der Waals surface area contributed by atoms with Crippen LogP contribution in [-0.2, 0) is 25.2 Å². The van der Waals surface area contributed by atoms with Crippen LogP contribution >= 0.6 is 23.2 Å². The van der Waals surface area contributed by atoms with Crippen LogP contribution in [0.15, 0.2) is 18.2 Å². The van der Waals surface area contributed by atoms with Crippen LogP contribution in [0.25, 0.3) is 0 Å². The van der Waals surface area contributed by atoms with E-state index in [1.807, 2.05) is 0 Å². The lowest BCUT2D eigenvalue weighted by Crippen LogP contribution is -2.44. The largest absolute Gasteiger partial charge is 0.480 e. The van der Waals surface area contributed by atoms with Gasteiger partial charge in [0.05, 0.1) is 11.5 Å². The van der Waals surface area contributed by atoms with Crippen LogP contribution in [0.5, 0.6) is 0 Å². The average Bonchev–Trinajstić information content (AvgIpc) is 2.31. The number of carboxylic acids is 1. The number of benzene rings is 1. The summed E-state index contributed by atoms with van der Waals surface area (Å²) in [7, 11) is -3.78. The van der Waals surface area contributed by atoms with Crippen molar-refractivity contribution in [3.63, 3.8) is 0 Å². The van der Waals surface area contributed by atoms with Gasteiger partial charge in [0.2, 0.25) is 5.91 Å². The second-order valence-corrected chi connectivity index (χ2v) is 7.33. The summed E-state index contributed by atoms with van der Waals surface area (Å²) in [6.07, 6.45) is 0. The highest BCUT2D eigenvalue weighted by molar-refractivity contribution is 7.90. The molecule has 0 saturated heterocycles. The third-order valence-electron chi connectivity index (χ3n) is 2.49. The van der Waals surface area contributed by atoms with Gasteiger partial charge in [0.25, 0.3) is 0 Å². The summed E-state index contributed by atoms with van der Waals surface area (Å²) in [6, 6.07) is 2.84. The van der Waals surface area contributed by atoms with Crippen molar-refractivity contribution in [3.8, 4) is 0 Å². The first-order valence-electron chi connectivity index (χ1n) is 5.75. The summed E-state index contributed by atoms with van der Waals surface area (Å²) in [4.78, 5) is 21.8. The molecule has 116 valence electrons. The van der Waals surface area contributed by atoms with Gasteiger partial charge < -0.3 is 10.4 Å². The SMILES string of the molecule is CC(=O)NC(CS(=O)(=O)Cc1ccc(Cl)cc1Cl)C(=O)O. The fourth-order valence-corrected chi connectivity index (χ4v) is 3.74. The zero-order valence-electron chi connectivity index (χ0n) is 11.0. The summed E-state index contributed by atoms with van der Waals surface area (Å²) in [5.74, 6) is -3.20. The fraction of sp³-hybridized carbons (Fsp3) is 0.333. The lowest BCUT2D eigenvalue weighted by atomic mass is 10.2. The van der Waals surface area contributed by atoms with E-state index in [0.717, 1.165) is 6.92 Å². The number of amides is 1. The molecule has 0 aliphatic heterocycles. The van der Waals surface area contributed by atoms with Gasteiger partial charge in [-0.15, -0.1) is 0 Å². The molecule has 9 heteroatoms. The van der Waals surface area contributed by atoms with Gasteiger partial charge in [-0.25, -0.2) is 13.2 Å². The van der Waals surface area contributed by atoms with E-state index in [9.17, 15) is 18.0 Å². The highest BCUT2D eigenvalue weighted by Crippen LogP contribution is 2.23. The zero-order valence-corrected chi connectivity index (χ0v) is 13.3. The monoisotopic (exact) mass is 353 g/mol. The molecule has 2 N–H and O–H groups in total. The van der Waals surface area contributed by atoms with Gasteiger partial charge in [-0.3, -0.25) is 4.79 Å². The van der Waals surface area contributed by atoms with Crippen LogP contribution in [0.4, 0.5) is 0 Å². The molecule has 0 bridgehead atoms. The van der Waals surface area contributed by atoms with Crippen molar-refractivity contribution < 1.29 is 23.1 Å². The van der Waals surface area contributed by atoms with Gasteiger partial charge in [0.1, 0.15) is 6.04 Å². The maximum atomic E-state index is 12.0. The van der Waals surface area contributed by atoms with Gasteiger partial charge in [-0.1, -0.05) is 29.3 Å². The van der Waals surface area contributed by atoms with Crippen molar-refractivity contribution in [1.29, 1.82) is 0 Å². The average molecular weight is 354 g/mol. The smallest absolute Gasteiger partial charge is 0.327 e. The molecule has 0 spiro atoms. The minimum absolute atomic E-state index is 0.178. The number of carboxylic acid groups (broad SMARTS) is 1. The molecule has 0 aromatic heterocycles. The van der Waals surface area contributed by atoms with E-state index in [1.54, 1.807) is 0 Å². The third kappa shape index (κ3) is 5.91. The molecule has 1 rings (SSSR count). The lowest BCUT2D eigenvalue weighted by molar-refractivity contribution is -0.140. The summed E-state index contributed by atoms with van der Waals surface area (Å²) in [5, 5.41) is 11.5. The van der Waals surface area contributed by atoms with E-state index in [2.05, 4.69) is 5.32 Å². The van der Waals surface area contributed by atoms with Crippen molar-refractivity contribution in [2.75, 3.05) is 5.75 Å². The molecule has 1 atom stereocenters. The molecular weight excluding hydrogens is 341 g/mol. The Hall–Kier alpha value is -1.31. The van der Waals surface area contributed by atoms with Gasteiger partial charge >= 0.3 is 5.97 Å². The predicted octanol–water partition coefficient (Wildman–Crippen LogP) is 1.50. The van der Waals surface area contributed by atoms with Gasteiger partial charge in [0.15, 0.2) is 9.84 Å². The van der Waals surface area contributed by atoms with E-state index in [0.29, 0.717) is 10.6 Å². The van der Waals surface area contributed by atoms with Crippen molar-refractivity contribution in [2.24, 2.45) is 0 Å². The molecule has 0 radical (unpaired) electrons. The molecule has 0 aliphatic carbocycles. The second-order valence-electron chi connectivity index (χ2n) is 4.38. The third-order valence-corrected chi connectivity index (χ3v) is 4.67. The Morgan fingerprint density at radius 2 is 1.95 bits per heavy atom. The molecule has 1 unspecified atom stereocenters. The first-order chi connectivity index (χ1) is 9.60. The molecule has 21 heavy (non-hydrogen) atoms. The number of hydrogen-bond donors (Lipinski definition) is 2. The fourth-order valence-electron chi connectivity index (χ4n) is 1.61. The number of carbonyl (C=O) groups is 2. The van der Waals surface area contributed by atoms with Crippen LogP contribution in [0.1, 0.15) is 12.5 Å². The number of sulfone groups is 1. The van der Waals surface area contributed by atoms with E-state index in [1.165, 1.54) is 18.2 Å². The maximum Gasteiger partial charge on any atom is 0.327 e. The van der Waals surface area contributed by atoms with Crippen LogP contribution in [-0.4, -0.2) is 37.2 Å². The van der Waals surface area contributed by atoms with Crippen LogP contribution in [0, 0.1) is 0 Å². The predicted molar refractivity (Wildman–Crippen MR) is 79.2 cm³/mol. The van der Waals surface area contributed by atoms with E-state index in [4.69, 9.17) is 28.3 Å². The Morgan fingerprint density at radius 3 is 2.43 bits per heavy atom. The van der Waals surface area contributed by atoms with E-state index >= 15 is 0 Å². The van der Waals surface area contributed by atoms with Gasteiger partial charge in [0, 0.05) is 17.0 Å². The highest BCUT2D eigenvalue weighted by atomic mass is 35.5. The van der Waals surface area contributed by atoms with Crippen molar-refractivity contribution in [2.45, 2.75) is 18.7 Å². The Bertz CT molecular complexity index is 660.